The third kappa shape index (κ3) is 6.63. The van der Waals surface area contributed by atoms with Gasteiger partial charge in [0.2, 0.25) is 0 Å². The van der Waals surface area contributed by atoms with E-state index in [1.54, 1.807) is 57.4 Å². The van der Waals surface area contributed by atoms with Gasteiger partial charge in [-0.3, -0.25) is 15.1 Å². The predicted molar refractivity (Wildman–Crippen MR) is 96.6 cm³/mol. The molecule has 0 saturated carbocycles. The zero-order chi connectivity index (χ0) is 18.3. The van der Waals surface area contributed by atoms with Gasteiger partial charge in [0.15, 0.2) is 0 Å². The minimum atomic E-state index is -0.577. The average Bonchev–Trinajstić information content (AvgIpc) is 2.54. The molecule has 0 bridgehead atoms. The van der Waals surface area contributed by atoms with Crippen LogP contribution >= 0.6 is 0 Å². The number of rotatable bonds is 5. The molecule has 25 heavy (non-hydrogen) atoms. The quantitative estimate of drug-likeness (QED) is 0.873. The van der Waals surface area contributed by atoms with Gasteiger partial charge in [-0.15, -0.1) is 0 Å². The molecule has 0 atom stereocenters. The molecule has 0 fully saturated rings. The van der Waals surface area contributed by atoms with Crippen LogP contribution in [0.2, 0.25) is 0 Å². The number of carbonyl (C=O) groups is 2. The molecule has 6 nitrogen and oxygen atoms in total. The number of anilines is 1. The number of aromatic nitrogens is 1. The standard InChI is InChI=1S/C19H23N3O3/c1-19(2,3)25-18(24)22-16-6-4-5-15(13-16)17(23)21-12-9-14-7-10-20-11-8-14/h4-8,10-11,13H,9,12H2,1-3H3,(H,21,23)(H,22,24). The van der Waals surface area contributed by atoms with E-state index in [2.05, 4.69) is 15.6 Å². The van der Waals surface area contributed by atoms with Crippen molar-refractivity contribution in [1.29, 1.82) is 0 Å². The summed E-state index contributed by atoms with van der Waals surface area (Å²) in [6, 6.07) is 10.6. The summed E-state index contributed by atoms with van der Waals surface area (Å²) in [7, 11) is 0. The van der Waals surface area contributed by atoms with Crippen LogP contribution in [0, 0.1) is 0 Å². The normalized spacial score (nSPS) is 10.8. The summed E-state index contributed by atoms with van der Waals surface area (Å²) in [5, 5.41) is 5.49. The van der Waals surface area contributed by atoms with Gasteiger partial charge in [-0.25, -0.2) is 4.79 Å². The van der Waals surface area contributed by atoms with Crippen LogP contribution in [-0.4, -0.2) is 29.1 Å². The Balaban J connectivity index is 1.89. The lowest BCUT2D eigenvalue weighted by Crippen LogP contribution is -2.28. The van der Waals surface area contributed by atoms with Gasteiger partial charge in [-0.2, -0.15) is 0 Å². The Bertz CT molecular complexity index is 724. The molecule has 0 spiro atoms. The van der Waals surface area contributed by atoms with Crippen LogP contribution in [0.5, 0.6) is 0 Å². The Morgan fingerprint density at radius 2 is 1.84 bits per heavy atom. The highest BCUT2D eigenvalue weighted by atomic mass is 16.6. The third-order valence-corrected chi connectivity index (χ3v) is 3.22. The number of carbonyl (C=O) groups excluding carboxylic acids is 2. The first-order valence-electron chi connectivity index (χ1n) is 8.11. The van der Waals surface area contributed by atoms with Crippen molar-refractivity contribution in [2.45, 2.75) is 32.8 Å². The highest BCUT2D eigenvalue weighted by Crippen LogP contribution is 2.13. The Morgan fingerprint density at radius 1 is 1.12 bits per heavy atom. The first-order chi connectivity index (χ1) is 11.8. The zero-order valence-corrected chi connectivity index (χ0v) is 14.7. The van der Waals surface area contributed by atoms with Gasteiger partial charge in [-0.1, -0.05) is 6.07 Å². The zero-order valence-electron chi connectivity index (χ0n) is 14.7. The maximum absolute atomic E-state index is 12.2. The molecule has 1 heterocycles. The highest BCUT2D eigenvalue weighted by molar-refractivity contribution is 5.96. The summed E-state index contributed by atoms with van der Waals surface area (Å²) < 4.78 is 5.20. The number of pyridine rings is 1. The SMILES string of the molecule is CC(C)(C)OC(=O)Nc1cccc(C(=O)NCCc2ccncc2)c1. The number of nitrogens with one attached hydrogen (secondary N) is 2. The van der Waals surface area contributed by atoms with Crippen molar-refractivity contribution >= 4 is 17.7 Å². The molecule has 0 radical (unpaired) electrons. The second-order valence-electron chi connectivity index (χ2n) is 6.57. The van der Waals surface area contributed by atoms with Crippen molar-refractivity contribution < 1.29 is 14.3 Å². The van der Waals surface area contributed by atoms with Gasteiger partial charge in [0, 0.05) is 30.2 Å². The van der Waals surface area contributed by atoms with Gasteiger partial charge < -0.3 is 10.1 Å². The first-order valence-corrected chi connectivity index (χ1v) is 8.11. The van der Waals surface area contributed by atoms with Gasteiger partial charge >= 0.3 is 6.09 Å². The summed E-state index contributed by atoms with van der Waals surface area (Å²) >= 11 is 0. The second-order valence-corrected chi connectivity index (χ2v) is 6.57. The summed E-state index contributed by atoms with van der Waals surface area (Å²) in [5.74, 6) is -0.193. The van der Waals surface area contributed by atoms with Crippen molar-refractivity contribution in [2.75, 3.05) is 11.9 Å². The van der Waals surface area contributed by atoms with E-state index in [4.69, 9.17) is 4.74 Å². The first kappa shape index (κ1) is 18.4. The second kappa shape index (κ2) is 8.28. The van der Waals surface area contributed by atoms with Gasteiger partial charge in [0.05, 0.1) is 0 Å². The molecule has 1 aromatic heterocycles. The highest BCUT2D eigenvalue weighted by Gasteiger charge is 2.16. The van der Waals surface area contributed by atoms with Crippen molar-refractivity contribution in [3.05, 3.63) is 59.9 Å². The minimum Gasteiger partial charge on any atom is -0.444 e. The lowest BCUT2D eigenvalue weighted by Gasteiger charge is -2.19. The molecule has 2 aromatic rings. The number of hydrogen-bond donors (Lipinski definition) is 2. The van der Waals surface area contributed by atoms with E-state index in [0.29, 0.717) is 17.8 Å². The van der Waals surface area contributed by atoms with Gasteiger partial charge in [0.1, 0.15) is 5.60 Å². The lowest BCUT2D eigenvalue weighted by atomic mass is 10.1. The van der Waals surface area contributed by atoms with Crippen LogP contribution in [0.4, 0.5) is 10.5 Å². The van der Waals surface area contributed by atoms with Crippen LogP contribution in [0.1, 0.15) is 36.7 Å². The van der Waals surface area contributed by atoms with Crippen molar-refractivity contribution in [2.24, 2.45) is 0 Å². The molecule has 0 unspecified atom stereocenters. The molecule has 1 aromatic carbocycles. The van der Waals surface area contributed by atoms with Gasteiger partial charge in [0.25, 0.3) is 5.91 Å². The molecule has 2 N–H and O–H groups in total. The molecule has 6 heteroatoms. The summed E-state index contributed by atoms with van der Waals surface area (Å²) in [6.45, 7) is 5.89. The van der Waals surface area contributed by atoms with Crippen LogP contribution in [0.15, 0.2) is 48.8 Å². The number of hydrogen-bond acceptors (Lipinski definition) is 4. The molecular weight excluding hydrogens is 318 g/mol. The van der Waals surface area contributed by atoms with E-state index in [-0.39, 0.29) is 5.91 Å². The van der Waals surface area contributed by atoms with E-state index in [1.165, 1.54) is 0 Å². The van der Waals surface area contributed by atoms with E-state index in [1.807, 2.05) is 12.1 Å². The van der Waals surface area contributed by atoms with Crippen LogP contribution < -0.4 is 10.6 Å². The predicted octanol–water partition coefficient (Wildman–Crippen LogP) is 3.40. The average molecular weight is 341 g/mol. The molecule has 2 rings (SSSR count). The third-order valence-electron chi connectivity index (χ3n) is 3.22. The fourth-order valence-electron chi connectivity index (χ4n) is 2.13. The van der Waals surface area contributed by atoms with Crippen LogP contribution in [-0.2, 0) is 11.2 Å². The maximum atomic E-state index is 12.2. The van der Waals surface area contributed by atoms with E-state index < -0.39 is 11.7 Å². The maximum Gasteiger partial charge on any atom is 0.412 e. The van der Waals surface area contributed by atoms with Crippen molar-refractivity contribution in [3.63, 3.8) is 0 Å². The number of benzene rings is 1. The molecule has 132 valence electrons. The number of ether oxygens (including phenoxy) is 1. The Kier molecular flexibility index (Phi) is 6.11. The molecule has 2 amide bonds. The summed E-state index contributed by atoms with van der Waals surface area (Å²) in [4.78, 5) is 28.0. The van der Waals surface area contributed by atoms with Crippen molar-refractivity contribution in [1.82, 2.24) is 10.3 Å². The summed E-state index contributed by atoms with van der Waals surface area (Å²) in [6.07, 6.45) is 3.62. The molecule has 0 aliphatic heterocycles. The lowest BCUT2D eigenvalue weighted by molar-refractivity contribution is 0.0635. The van der Waals surface area contributed by atoms with E-state index in [9.17, 15) is 9.59 Å². The fraction of sp³-hybridized carbons (Fsp3) is 0.316. The Morgan fingerprint density at radius 3 is 2.52 bits per heavy atom. The van der Waals surface area contributed by atoms with Crippen LogP contribution in [0.25, 0.3) is 0 Å². The number of amides is 2. The monoisotopic (exact) mass is 341 g/mol. The largest absolute Gasteiger partial charge is 0.444 e. The van der Waals surface area contributed by atoms with Crippen LogP contribution in [0.3, 0.4) is 0 Å². The Labute approximate surface area is 147 Å². The molecule has 0 saturated heterocycles. The topological polar surface area (TPSA) is 80.3 Å². The molecular formula is C19H23N3O3. The smallest absolute Gasteiger partial charge is 0.412 e. The Hall–Kier alpha value is -2.89. The fourth-order valence-corrected chi connectivity index (χ4v) is 2.13. The minimum absolute atomic E-state index is 0.193. The van der Waals surface area contributed by atoms with Crippen molar-refractivity contribution in [3.8, 4) is 0 Å². The molecule has 0 aliphatic carbocycles. The molecule has 0 aliphatic rings. The van der Waals surface area contributed by atoms with E-state index >= 15 is 0 Å². The van der Waals surface area contributed by atoms with Gasteiger partial charge in [-0.05, 0) is 63.1 Å². The number of nitrogens with zero attached hydrogens (tertiary/aromatic N) is 1. The summed E-state index contributed by atoms with van der Waals surface area (Å²) in [5.41, 5.74) is 1.52. The van der Waals surface area contributed by atoms with E-state index in [0.717, 1.165) is 12.0 Å².